The van der Waals surface area contributed by atoms with Crippen LogP contribution >= 0.6 is 0 Å². The second-order valence-electron chi connectivity index (χ2n) is 9.16. The highest BCUT2D eigenvalue weighted by atomic mass is 16.6. The summed E-state index contributed by atoms with van der Waals surface area (Å²) in [6, 6.07) is 17.0. The highest BCUT2D eigenvalue weighted by molar-refractivity contribution is 5.94. The summed E-state index contributed by atoms with van der Waals surface area (Å²) < 4.78 is 10.7. The van der Waals surface area contributed by atoms with Crippen LogP contribution in [0.2, 0.25) is 0 Å². The molecule has 3 aromatic rings. The number of benzene rings is 2. The number of fused-ring (bicyclic) bond motifs is 1. The molecule has 0 spiro atoms. The molecule has 1 aliphatic rings. The molecule has 35 heavy (non-hydrogen) atoms. The number of anilines is 3. The predicted octanol–water partition coefficient (Wildman–Crippen LogP) is 4.77. The van der Waals surface area contributed by atoms with Crippen LogP contribution in [0, 0.1) is 0 Å². The molecule has 0 unspecified atom stereocenters. The number of hydrogen-bond acceptors (Lipinski definition) is 7. The fourth-order valence-electron chi connectivity index (χ4n) is 3.79. The van der Waals surface area contributed by atoms with E-state index in [1.807, 2.05) is 36.4 Å². The maximum absolute atomic E-state index is 13.4. The Morgan fingerprint density at radius 3 is 2.46 bits per heavy atom. The molecule has 0 aliphatic carbocycles. The van der Waals surface area contributed by atoms with Gasteiger partial charge in [-0.2, -0.15) is 4.98 Å². The van der Waals surface area contributed by atoms with Gasteiger partial charge in [-0.3, -0.25) is 10.1 Å². The Labute approximate surface area is 204 Å². The van der Waals surface area contributed by atoms with E-state index in [0.717, 1.165) is 12.0 Å². The summed E-state index contributed by atoms with van der Waals surface area (Å²) in [6.45, 7) is 6.34. The lowest BCUT2D eigenvalue weighted by atomic mass is 10.00. The van der Waals surface area contributed by atoms with Crippen LogP contribution in [-0.2, 0) is 17.7 Å². The standard InChI is InChI=1S/C26H29N5O4/c1-26(2,3)35-25(33)30-24-28-20(15-22(29-24)27-19-11-7-8-12-21(19)34-4)23(32)31-14-13-17-9-5-6-10-18(17)16-31/h5-12,15H,13-14,16H2,1-4H3,(H2,27,28,29,30,33). The van der Waals surface area contributed by atoms with Gasteiger partial charge in [-0.1, -0.05) is 36.4 Å². The van der Waals surface area contributed by atoms with Crippen molar-refractivity contribution in [3.63, 3.8) is 0 Å². The Hall–Kier alpha value is -4.14. The van der Waals surface area contributed by atoms with E-state index in [0.29, 0.717) is 30.3 Å². The monoisotopic (exact) mass is 475 g/mol. The van der Waals surface area contributed by atoms with Crippen molar-refractivity contribution in [3.8, 4) is 5.75 Å². The van der Waals surface area contributed by atoms with Gasteiger partial charge in [0.1, 0.15) is 22.9 Å². The highest BCUT2D eigenvalue weighted by Gasteiger charge is 2.25. The number of ether oxygens (including phenoxy) is 2. The normalized spacial score (nSPS) is 13.0. The van der Waals surface area contributed by atoms with Gasteiger partial charge in [0, 0.05) is 19.2 Å². The smallest absolute Gasteiger partial charge is 0.414 e. The van der Waals surface area contributed by atoms with Crippen LogP contribution in [0.1, 0.15) is 42.4 Å². The van der Waals surface area contributed by atoms with Crippen molar-refractivity contribution in [2.75, 3.05) is 24.3 Å². The summed E-state index contributed by atoms with van der Waals surface area (Å²) in [4.78, 5) is 36.3. The second-order valence-corrected chi connectivity index (χ2v) is 9.16. The molecular weight excluding hydrogens is 446 g/mol. The van der Waals surface area contributed by atoms with Gasteiger partial charge in [-0.05, 0) is 50.5 Å². The first-order valence-electron chi connectivity index (χ1n) is 11.4. The van der Waals surface area contributed by atoms with Crippen LogP contribution in [0.4, 0.5) is 22.2 Å². The van der Waals surface area contributed by atoms with E-state index >= 15 is 0 Å². The molecule has 182 valence electrons. The molecule has 2 heterocycles. The molecule has 1 aromatic heterocycles. The van der Waals surface area contributed by atoms with Gasteiger partial charge in [-0.15, -0.1) is 0 Å². The Morgan fingerprint density at radius 1 is 1.00 bits per heavy atom. The third-order valence-electron chi connectivity index (χ3n) is 5.35. The van der Waals surface area contributed by atoms with Crippen molar-refractivity contribution in [2.45, 2.75) is 39.3 Å². The van der Waals surface area contributed by atoms with Crippen LogP contribution in [0.25, 0.3) is 0 Å². The summed E-state index contributed by atoms with van der Waals surface area (Å²) in [5.41, 5.74) is 2.47. The average molecular weight is 476 g/mol. The topological polar surface area (TPSA) is 106 Å². The summed E-state index contributed by atoms with van der Waals surface area (Å²) in [7, 11) is 1.57. The van der Waals surface area contributed by atoms with Crippen molar-refractivity contribution in [1.29, 1.82) is 0 Å². The Balaban J connectivity index is 1.64. The number of amides is 2. The van der Waals surface area contributed by atoms with E-state index in [4.69, 9.17) is 9.47 Å². The zero-order chi connectivity index (χ0) is 25.0. The quantitative estimate of drug-likeness (QED) is 0.547. The van der Waals surface area contributed by atoms with Crippen LogP contribution in [0.3, 0.4) is 0 Å². The molecule has 9 nitrogen and oxygen atoms in total. The van der Waals surface area contributed by atoms with E-state index in [-0.39, 0.29) is 17.5 Å². The van der Waals surface area contributed by atoms with Gasteiger partial charge in [0.05, 0.1) is 12.8 Å². The zero-order valence-electron chi connectivity index (χ0n) is 20.3. The van der Waals surface area contributed by atoms with Crippen molar-refractivity contribution in [2.24, 2.45) is 0 Å². The van der Waals surface area contributed by atoms with Crippen molar-refractivity contribution in [1.82, 2.24) is 14.9 Å². The van der Waals surface area contributed by atoms with Crippen LogP contribution in [0.5, 0.6) is 5.75 Å². The molecule has 2 amide bonds. The average Bonchev–Trinajstić information content (AvgIpc) is 2.82. The fraction of sp³-hybridized carbons (Fsp3) is 0.308. The van der Waals surface area contributed by atoms with Crippen molar-refractivity contribution in [3.05, 3.63) is 71.4 Å². The summed E-state index contributed by atoms with van der Waals surface area (Å²) >= 11 is 0. The maximum atomic E-state index is 13.4. The van der Waals surface area contributed by atoms with Crippen LogP contribution in [0.15, 0.2) is 54.6 Å². The first-order valence-corrected chi connectivity index (χ1v) is 11.4. The van der Waals surface area contributed by atoms with E-state index in [1.54, 1.807) is 44.9 Å². The fourth-order valence-corrected chi connectivity index (χ4v) is 3.79. The Kier molecular flexibility index (Phi) is 6.86. The highest BCUT2D eigenvalue weighted by Crippen LogP contribution is 2.27. The minimum Gasteiger partial charge on any atom is -0.495 e. The van der Waals surface area contributed by atoms with Gasteiger partial charge >= 0.3 is 6.09 Å². The van der Waals surface area contributed by atoms with E-state index in [1.165, 1.54) is 5.56 Å². The largest absolute Gasteiger partial charge is 0.495 e. The molecule has 4 rings (SSSR count). The Bertz CT molecular complexity index is 1240. The predicted molar refractivity (Wildman–Crippen MR) is 133 cm³/mol. The molecule has 0 saturated heterocycles. The van der Waals surface area contributed by atoms with E-state index in [2.05, 4.69) is 26.7 Å². The number of methoxy groups -OCH3 is 1. The number of para-hydroxylation sites is 2. The lowest BCUT2D eigenvalue weighted by Crippen LogP contribution is -2.36. The number of rotatable bonds is 5. The summed E-state index contributed by atoms with van der Waals surface area (Å²) in [5, 5.41) is 5.70. The number of aromatic nitrogens is 2. The minimum absolute atomic E-state index is 0.0418. The lowest BCUT2D eigenvalue weighted by molar-refractivity contribution is 0.0632. The molecule has 2 aromatic carbocycles. The van der Waals surface area contributed by atoms with Gasteiger partial charge in [-0.25, -0.2) is 9.78 Å². The minimum atomic E-state index is -0.711. The van der Waals surface area contributed by atoms with Crippen LogP contribution < -0.4 is 15.4 Å². The molecule has 0 saturated carbocycles. The molecule has 0 radical (unpaired) electrons. The number of nitrogens with zero attached hydrogens (tertiary/aromatic N) is 3. The summed E-state index contributed by atoms with van der Waals surface area (Å²) in [6.07, 6.45) is 0.0553. The van der Waals surface area contributed by atoms with Gasteiger partial charge in [0.15, 0.2) is 0 Å². The van der Waals surface area contributed by atoms with Gasteiger partial charge in [0.25, 0.3) is 5.91 Å². The second kappa shape index (κ2) is 10.0. The van der Waals surface area contributed by atoms with Crippen LogP contribution in [-0.4, -0.2) is 46.1 Å². The van der Waals surface area contributed by atoms with Crippen molar-refractivity contribution >= 4 is 29.5 Å². The first kappa shape index (κ1) is 24.0. The zero-order valence-corrected chi connectivity index (χ0v) is 20.3. The molecule has 0 atom stereocenters. The van der Waals surface area contributed by atoms with Crippen molar-refractivity contribution < 1.29 is 19.1 Å². The SMILES string of the molecule is COc1ccccc1Nc1cc(C(=O)N2CCc3ccccc3C2)nc(NC(=O)OC(C)(C)C)n1. The van der Waals surface area contributed by atoms with E-state index < -0.39 is 11.7 Å². The third-order valence-corrected chi connectivity index (χ3v) is 5.35. The molecule has 0 bridgehead atoms. The third kappa shape index (κ3) is 6.06. The molecule has 0 fully saturated rings. The lowest BCUT2D eigenvalue weighted by Gasteiger charge is -2.28. The number of carbonyl (C=O) groups is 2. The Morgan fingerprint density at radius 2 is 1.71 bits per heavy atom. The number of nitrogens with one attached hydrogen (secondary N) is 2. The van der Waals surface area contributed by atoms with Gasteiger partial charge in [0.2, 0.25) is 5.95 Å². The maximum Gasteiger partial charge on any atom is 0.414 e. The molecule has 2 N–H and O–H groups in total. The van der Waals surface area contributed by atoms with Gasteiger partial charge < -0.3 is 19.7 Å². The molecular formula is C26H29N5O4. The first-order chi connectivity index (χ1) is 16.7. The molecule has 9 heteroatoms. The van der Waals surface area contributed by atoms with E-state index in [9.17, 15) is 9.59 Å². The number of carbonyl (C=O) groups excluding carboxylic acids is 2. The number of hydrogen-bond donors (Lipinski definition) is 2. The summed E-state index contributed by atoms with van der Waals surface area (Å²) in [5.74, 6) is 0.640. The molecule has 1 aliphatic heterocycles.